The van der Waals surface area contributed by atoms with E-state index in [-0.39, 0.29) is 5.69 Å². The van der Waals surface area contributed by atoms with Crippen molar-refractivity contribution < 1.29 is 9.13 Å². The van der Waals surface area contributed by atoms with E-state index in [4.69, 9.17) is 4.74 Å². The van der Waals surface area contributed by atoms with Gasteiger partial charge < -0.3 is 9.72 Å². The monoisotopic (exact) mass is 246 g/mol. The van der Waals surface area contributed by atoms with Crippen molar-refractivity contribution in [1.82, 2.24) is 9.97 Å². The van der Waals surface area contributed by atoms with Gasteiger partial charge in [-0.15, -0.1) is 0 Å². The van der Waals surface area contributed by atoms with E-state index in [1.54, 1.807) is 6.07 Å². The van der Waals surface area contributed by atoms with E-state index in [9.17, 15) is 9.18 Å². The average Bonchev–Trinajstić information content (AvgIpc) is 2.82. The molecule has 2 heterocycles. The maximum atomic E-state index is 13.2. The SMILES string of the molecule is Cc1nc(-c2ccc3c(c2)CCO3)[nH]c(=O)c1F. The first-order valence-electron chi connectivity index (χ1n) is 5.67. The molecule has 0 bridgehead atoms. The second-order valence-corrected chi connectivity index (χ2v) is 4.23. The van der Waals surface area contributed by atoms with Gasteiger partial charge in [0.2, 0.25) is 5.82 Å². The van der Waals surface area contributed by atoms with Crippen molar-refractivity contribution in [2.24, 2.45) is 0 Å². The lowest BCUT2D eigenvalue weighted by Gasteiger charge is -2.05. The van der Waals surface area contributed by atoms with Crippen molar-refractivity contribution in [3.8, 4) is 17.1 Å². The molecule has 5 heteroatoms. The highest BCUT2D eigenvalue weighted by Gasteiger charge is 2.14. The Morgan fingerprint density at radius 3 is 3.06 bits per heavy atom. The van der Waals surface area contributed by atoms with Gasteiger partial charge in [0.1, 0.15) is 11.6 Å². The Labute approximate surface area is 102 Å². The van der Waals surface area contributed by atoms with Crippen LogP contribution in [-0.4, -0.2) is 16.6 Å². The summed E-state index contributed by atoms with van der Waals surface area (Å²) >= 11 is 0. The number of ether oxygens (including phenoxy) is 1. The lowest BCUT2D eigenvalue weighted by molar-refractivity contribution is 0.357. The molecule has 0 aliphatic carbocycles. The summed E-state index contributed by atoms with van der Waals surface area (Å²) in [5.74, 6) is 0.414. The van der Waals surface area contributed by atoms with Gasteiger partial charge in [0.15, 0.2) is 0 Å². The third kappa shape index (κ3) is 1.68. The van der Waals surface area contributed by atoms with Crippen LogP contribution in [0.2, 0.25) is 0 Å². The number of benzene rings is 1. The average molecular weight is 246 g/mol. The van der Waals surface area contributed by atoms with Crippen LogP contribution in [-0.2, 0) is 6.42 Å². The fraction of sp³-hybridized carbons (Fsp3) is 0.231. The molecule has 1 aromatic heterocycles. The minimum Gasteiger partial charge on any atom is -0.493 e. The predicted octanol–water partition coefficient (Wildman–Crippen LogP) is 1.82. The second-order valence-electron chi connectivity index (χ2n) is 4.23. The molecule has 0 fully saturated rings. The molecule has 1 aliphatic rings. The van der Waals surface area contributed by atoms with E-state index in [0.717, 1.165) is 23.3 Å². The zero-order chi connectivity index (χ0) is 12.7. The van der Waals surface area contributed by atoms with Gasteiger partial charge in [0.05, 0.1) is 12.3 Å². The van der Waals surface area contributed by atoms with Gasteiger partial charge in [-0.05, 0) is 30.7 Å². The lowest BCUT2D eigenvalue weighted by Crippen LogP contribution is -2.15. The number of aromatic amines is 1. The fourth-order valence-electron chi connectivity index (χ4n) is 2.04. The molecule has 1 aromatic carbocycles. The largest absolute Gasteiger partial charge is 0.493 e. The van der Waals surface area contributed by atoms with Crippen molar-refractivity contribution in [2.75, 3.05) is 6.61 Å². The van der Waals surface area contributed by atoms with Crippen LogP contribution in [0.25, 0.3) is 11.4 Å². The minimum atomic E-state index is -0.830. The van der Waals surface area contributed by atoms with E-state index in [2.05, 4.69) is 9.97 Å². The lowest BCUT2D eigenvalue weighted by atomic mass is 10.1. The topological polar surface area (TPSA) is 55.0 Å². The van der Waals surface area contributed by atoms with Crippen molar-refractivity contribution >= 4 is 0 Å². The molecule has 3 rings (SSSR count). The smallest absolute Gasteiger partial charge is 0.287 e. The molecule has 1 aliphatic heterocycles. The standard InChI is InChI=1S/C13H11FN2O2/c1-7-11(14)13(17)16-12(15-7)9-2-3-10-8(6-9)4-5-18-10/h2-3,6H,4-5H2,1H3,(H,15,16,17). The Kier molecular flexibility index (Phi) is 2.40. The van der Waals surface area contributed by atoms with Crippen molar-refractivity contribution in [1.29, 1.82) is 0 Å². The summed E-state index contributed by atoms with van der Waals surface area (Å²) in [5, 5.41) is 0. The number of rotatable bonds is 1. The van der Waals surface area contributed by atoms with E-state index in [1.807, 2.05) is 12.1 Å². The number of nitrogens with one attached hydrogen (secondary N) is 1. The Hall–Kier alpha value is -2.17. The third-order valence-corrected chi connectivity index (χ3v) is 2.99. The van der Waals surface area contributed by atoms with Crippen molar-refractivity contribution in [3.63, 3.8) is 0 Å². The number of hydrogen-bond donors (Lipinski definition) is 1. The molecular weight excluding hydrogens is 235 g/mol. The maximum absolute atomic E-state index is 13.2. The summed E-state index contributed by atoms with van der Waals surface area (Å²) in [5.41, 5.74) is 1.20. The third-order valence-electron chi connectivity index (χ3n) is 2.99. The normalized spacial score (nSPS) is 13.2. The Balaban J connectivity index is 2.13. The minimum absolute atomic E-state index is 0.102. The first-order valence-corrected chi connectivity index (χ1v) is 5.67. The Morgan fingerprint density at radius 1 is 1.44 bits per heavy atom. The Morgan fingerprint density at radius 2 is 2.28 bits per heavy atom. The molecule has 0 saturated carbocycles. The number of nitrogens with zero attached hydrogens (tertiary/aromatic N) is 1. The highest BCUT2D eigenvalue weighted by atomic mass is 19.1. The van der Waals surface area contributed by atoms with Crippen LogP contribution in [0, 0.1) is 12.7 Å². The van der Waals surface area contributed by atoms with Gasteiger partial charge in [-0.1, -0.05) is 0 Å². The van der Waals surface area contributed by atoms with Crippen LogP contribution < -0.4 is 10.3 Å². The van der Waals surface area contributed by atoms with Crippen molar-refractivity contribution in [3.05, 3.63) is 45.6 Å². The number of aromatic nitrogens is 2. The van der Waals surface area contributed by atoms with Crippen molar-refractivity contribution in [2.45, 2.75) is 13.3 Å². The number of halogens is 1. The quantitative estimate of drug-likeness (QED) is 0.835. The highest BCUT2D eigenvalue weighted by Crippen LogP contribution is 2.28. The molecule has 4 nitrogen and oxygen atoms in total. The van der Waals surface area contributed by atoms with E-state index in [0.29, 0.717) is 12.4 Å². The van der Waals surface area contributed by atoms with Gasteiger partial charge in [0, 0.05) is 12.0 Å². The van der Waals surface area contributed by atoms with Gasteiger partial charge in [-0.3, -0.25) is 4.79 Å². The van der Waals surface area contributed by atoms with Crippen LogP contribution in [0.3, 0.4) is 0 Å². The van der Waals surface area contributed by atoms with E-state index >= 15 is 0 Å². The zero-order valence-electron chi connectivity index (χ0n) is 9.79. The maximum Gasteiger partial charge on any atom is 0.287 e. The fourth-order valence-corrected chi connectivity index (χ4v) is 2.04. The van der Waals surface area contributed by atoms with Gasteiger partial charge in [-0.25, -0.2) is 4.98 Å². The summed E-state index contributed by atoms with van der Waals surface area (Å²) in [7, 11) is 0. The zero-order valence-corrected chi connectivity index (χ0v) is 9.79. The number of fused-ring (bicyclic) bond motifs is 1. The molecule has 2 aromatic rings. The number of hydrogen-bond acceptors (Lipinski definition) is 3. The molecule has 0 saturated heterocycles. The van der Waals surface area contributed by atoms with Crippen LogP contribution >= 0.6 is 0 Å². The number of H-pyrrole nitrogens is 1. The summed E-state index contributed by atoms with van der Waals surface area (Å²) in [4.78, 5) is 17.9. The molecular formula is C13H11FN2O2. The van der Waals surface area contributed by atoms with Crippen LogP contribution in [0.5, 0.6) is 5.75 Å². The molecule has 0 atom stereocenters. The Bertz CT molecular complexity index is 679. The van der Waals surface area contributed by atoms with Gasteiger partial charge in [-0.2, -0.15) is 4.39 Å². The van der Waals surface area contributed by atoms with Crippen LogP contribution in [0.15, 0.2) is 23.0 Å². The predicted molar refractivity (Wildman–Crippen MR) is 64.2 cm³/mol. The summed E-state index contributed by atoms with van der Waals surface area (Å²) in [6.45, 7) is 2.15. The number of aryl methyl sites for hydroxylation is 1. The summed E-state index contributed by atoms with van der Waals surface area (Å²) < 4.78 is 18.6. The molecule has 0 amide bonds. The summed E-state index contributed by atoms with van der Waals surface area (Å²) in [6.07, 6.45) is 0.841. The first kappa shape index (κ1) is 11.0. The van der Waals surface area contributed by atoms with E-state index in [1.165, 1.54) is 6.92 Å². The molecule has 1 N–H and O–H groups in total. The van der Waals surface area contributed by atoms with Crippen LogP contribution in [0.4, 0.5) is 4.39 Å². The van der Waals surface area contributed by atoms with E-state index < -0.39 is 11.4 Å². The second kappa shape index (κ2) is 3.94. The highest BCUT2D eigenvalue weighted by molar-refractivity contribution is 5.59. The van der Waals surface area contributed by atoms with Crippen LogP contribution in [0.1, 0.15) is 11.3 Å². The first-order chi connectivity index (χ1) is 8.65. The van der Waals surface area contributed by atoms with Gasteiger partial charge >= 0.3 is 0 Å². The molecule has 0 radical (unpaired) electrons. The van der Waals surface area contributed by atoms with Gasteiger partial charge in [0.25, 0.3) is 5.56 Å². The molecule has 0 unspecified atom stereocenters. The summed E-state index contributed by atoms with van der Waals surface area (Å²) in [6, 6.07) is 5.56. The molecule has 92 valence electrons. The molecule has 18 heavy (non-hydrogen) atoms. The molecule has 0 spiro atoms.